The molecule has 0 fully saturated rings. The summed E-state index contributed by atoms with van der Waals surface area (Å²) in [6.07, 6.45) is 2.23. The molecule has 0 aliphatic rings. The number of carbonyl (C=O) groups is 1. The zero-order valence-corrected chi connectivity index (χ0v) is 15.4. The van der Waals surface area contributed by atoms with Crippen molar-refractivity contribution in [3.8, 4) is 5.75 Å². The number of hydrogen-bond donors (Lipinski definition) is 1. The van der Waals surface area contributed by atoms with Gasteiger partial charge in [-0.2, -0.15) is 5.10 Å². The standard InChI is InChI=1S/C17H18N2O4S2/c1-23-13-5-3-12(4-6-13)17(16(20)11-19-18)24-14-7-9-15(10-8-14)25(2,21)22/h3-11,17H,18H2,1-2H3. The first kappa shape index (κ1) is 19.0. The van der Waals surface area contributed by atoms with Gasteiger partial charge in [-0.05, 0) is 42.0 Å². The number of ketones is 1. The molecule has 1 atom stereocenters. The summed E-state index contributed by atoms with van der Waals surface area (Å²) in [5.41, 5.74) is 0.767. The van der Waals surface area contributed by atoms with Gasteiger partial charge in [0.2, 0.25) is 0 Å². The number of rotatable bonds is 7. The van der Waals surface area contributed by atoms with Crippen molar-refractivity contribution in [2.75, 3.05) is 13.4 Å². The van der Waals surface area contributed by atoms with Crippen molar-refractivity contribution in [2.45, 2.75) is 15.0 Å². The normalized spacial score (nSPS) is 12.9. The molecule has 0 radical (unpaired) electrons. The summed E-state index contributed by atoms with van der Waals surface area (Å²) < 4.78 is 28.2. The molecule has 0 saturated heterocycles. The smallest absolute Gasteiger partial charge is 0.193 e. The molecular weight excluding hydrogens is 360 g/mol. The summed E-state index contributed by atoms with van der Waals surface area (Å²) in [7, 11) is -1.69. The van der Waals surface area contributed by atoms with Gasteiger partial charge in [-0.3, -0.25) is 4.79 Å². The van der Waals surface area contributed by atoms with Crippen LogP contribution in [-0.4, -0.2) is 33.8 Å². The maximum absolute atomic E-state index is 12.4. The van der Waals surface area contributed by atoms with Gasteiger partial charge in [0.15, 0.2) is 15.6 Å². The summed E-state index contributed by atoms with van der Waals surface area (Å²) >= 11 is 1.29. The number of nitrogens with zero attached hydrogens (tertiary/aromatic N) is 1. The van der Waals surface area contributed by atoms with Crippen LogP contribution in [0, 0.1) is 0 Å². The van der Waals surface area contributed by atoms with E-state index in [2.05, 4.69) is 5.10 Å². The average molecular weight is 378 g/mol. The summed E-state index contributed by atoms with van der Waals surface area (Å²) in [5.74, 6) is 5.53. The van der Waals surface area contributed by atoms with E-state index in [9.17, 15) is 13.2 Å². The highest BCUT2D eigenvalue weighted by molar-refractivity contribution is 8.00. The maximum atomic E-state index is 12.4. The molecule has 1 unspecified atom stereocenters. The van der Waals surface area contributed by atoms with E-state index in [4.69, 9.17) is 10.6 Å². The van der Waals surface area contributed by atoms with E-state index in [1.54, 1.807) is 43.5 Å². The molecule has 0 saturated carbocycles. The third kappa shape index (κ3) is 5.07. The number of thioether (sulfide) groups is 1. The zero-order chi connectivity index (χ0) is 18.4. The number of sulfone groups is 1. The molecule has 2 N–H and O–H groups in total. The lowest BCUT2D eigenvalue weighted by Gasteiger charge is -2.14. The molecule has 6 nitrogen and oxygen atoms in total. The van der Waals surface area contributed by atoms with Gasteiger partial charge in [0, 0.05) is 11.2 Å². The van der Waals surface area contributed by atoms with Crippen molar-refractivity contribution < 1.29 is 17.9 Å². The van der Waals surface area contributed by atoms with Crippen LogP contribution in [0.3, 0.4) is 0 Å². The fourth-order valence-electron chi connectivity index (χ4n) is 2.11. The second-order valence-electron chi connectivity index (χ2n) is 5.20. The SMILES string of the molecule is COc1ccc(C(Sc2ccc(S(C)(=O)=O)cc2)C(=O)C=NN)cc1. The summed E-state index contributed by atoms with van der Waals surface area (Å²) in [4.78, 5) is 13.3. The van der Waals surface area contributed by atoms with Crippen LogP contribution in [0.1, 0.15) is 10.8 Å². The number of hydrazone groups is 1. The van der Waals surface area contributed by atoms with Gasteiger partial charge in [0.1, 0.15) is 5.75 Å². The summed E-state index contributed by atoms with van der Waals surface area (Å²) in [6, 6.07) is 13.5. The van der Waals surface area contributed by atoms with Gasteiger partial charge >= 0.3 is 0 Å². The molecule has 0 amide bonds. The third-order valence-corrected chi connectivity index (χ3v) is 5.80. The van der Waals surface area contributed by atoms with Crippen molar-refractivity contribution in [3.05, 3.63) is 54.1 Å². The lowest BCUT2D eigenvalue weighted by Crippen LogP contribution is -2.11. The van der Waals surface area contributed by atoms with Crippen LogP contribution in [0.5, 0.6) is 5.75 Å². The van der Waals surface area contributed by atoms with Gasteiger partial charge in [-0.1, -0.05) is 12.1 Å². The van der Waals surface area contributed by atoms with E-state index >= 15 is 0 Å². The molecule has 8 heteroatoms. The van der Waals surface area contributed by atoms with E-state index in [1.807, 2.05) is 0 Å². The minimum Gasteiger partial charge on any atom is -0.497 e. The van der Waals surface area contributed by atoms with Crippen molar-refractivity contribution in [1.29, 1.82) is 0 Å². The van der Waals surface area contributed by atoms with Crippen LogP contribution in [0.15, 0.2) is 63.4 Å². The van der Waals surface area contributed by atoms with Crippen LogP contribution in [0.2, 0.25) is 0 Å². The molecule has 25 heavy (non-hydrogen) atoms. The zero-order valence-electron chi connectivity index (χ0n) is 13.7. The van der Waals surface area contributed by atoms with Gasteiger partial charge in [0.05, 0.1) is 23.5 Å². The minimum absolute atomic E-state index is 0.229. The van der Waals surface area contributed by atoms with E-state index in [0.717, 1.165) is 22.9 Å². The predicted octanol–water partition coefficient (Wildman–Crippen LogP) is 2.45. The van der Waals surface area contributed by atoms with Crippen molar-refractivity contribution >= 4 is 33.6 Å². The molecule has 0 aromatic heterocycles. The Morgan fingerprint density at radius 2 is 1.76 bits per heavy atom. The van der Waals surface area contributed by atoms with Crippen LogP contribution in [-0.2, 0) is 14.6 Å². The lowest BCUT2D eigenvalue weighted by molar-refractivity contribution is -0.112. The number of Topliss-reactive ketones (excluding diaryl/α,β-unsaturated/α-hetero) is 1. The van der Waals surface area contributed by atoms with Gasteiger partial charge in [-0.15, -0.1) is 11.8 Å². The molecule has 2 aromatic carbocycles. The molecule has 132 valence electrons. The average Bonchev–Trinajstić information content (AvgIpc) is 2.59. The Morgan fingerprint density at radius 1 is 1.16 bits per heavy atom. The monoisotopic (exact) mass is 378 g/mol. The Bertz CT molecular complexity index is 861. The molecule has 0 bridgehead atoms. The predicted molar refractivity (Wildman–Crippen MR) is 98.8 cm³/mol. The van der Waals surface area contributed by atoms with Crippen LogP contribution in [0.25, 0.3) is 0 Å². The highest BCUT2D eigenvalue weighted by Crippen LogP contribution is 2.36. The number of hydrogen-bond acceptors (Lipinski definition) is 7. The van der Waals surface area contributed by atoms with Gasteiger partial charge in [0.25, 0.3) is 0 Å². The van der Waals surface area contributed by atoms with Crippen molar-refractivity contribution in [1.82, 2.24) is 0 Å². The molecule has 2 rings (SSSR count). The number of benzene rings is 2. The molecular formula is C17H18N2O4S2. The van der Waals surface area contributed by atoms with E-state index < -0.39 is 15.1 Å². The highest BCUT2D eigenvalue weighted by atomic mass is 32.2. The number of methoxy groups -OCH3 is 1. The van der Waals surface area contributed by atoms with E-state index in [0.29, 0.717) is 5.75 Å². The summed E-state index contributed by atoms with van der Waals surface area (Å²) in [5, 5.41) is 2.76. The second kappa shape index (κ2) is 8.17. The van der Waals surface area contributed by atoms with Crippen LogP contribution in [0.4, 0.5) is 0 Å². The first-order chi connectivity index (χ1) is 11.8. The van der Waals surface area contributed by atoms with Crippen LogP contribution >= 0.6 is 11.8 Å². The summed E-state index contributed by atoms with van der Waals surface area (Å²) in [6.45, 7) is 0. The first-order valence-corrected chi connectivity index (χ1v) is 10.00. The molecule has 0 spiro atoms. The Balaban J connectivity index is 2.31. The first-order valence-electron chi connectivity index (χ1n) is 7.23. The number of ether oxygens (including phenoxy) is 1. The topological polar surface area (TPSA) is 98.8 Å². The molecule has 2 aromatic rings. The van der Waals surface area contributed by atoms with E-state index in [-0.39, 0.29) is 10.7 Å². The van der Waals surface area contributed by atoms with Gasteiger partial charge in [-0.25, -0.2) is 8.42 Å². The Labute approximate surface area is 151 Å². The second-order valence-corrected chi connectivity index (χ2v) is 8.39. The Hall–Kier alpha value is -2.32. The molecule has 0 aliphatic heterocycles. The fourth-order valence-corrected chi connectivity index (χ4v) is 3.78. The van der Waals surface area contributed by atoms with Gasteiger partial charge < -0.3 is 10.6 Å². The largest absolute Gasteiger partial charge is 0.497 e. The maximum Gasteiger partial charge on any atom is 0.193 e. The van der Waals surface area contributed by atoms with Crippen LogP contribution < -0.4 is 10.6 Å². The van der Waals surface area contributed by atoms with E-state index in [1.165, 1.54) is 23.9 Å². The van der Waals surface area contributed by atoms with Crippen molar-refractivity contribution in [2.24, 2.45) is 10.9 Å². The quantitative estimate of drug-likeness (QED) is 0.344. The Morgan fingerprint density at radius 3 is 2.24 bits per heavy atom. The Kier molecular flexibility index (Phi) is 6.22. The van der Waals surface area contributed by atoms with Crippen molar-refractivity contribution in [3.63, 3.8) is 0 Å². The minimum atomic E-state index is -3.26. The lowest BCUT2D eigenvalue weighted by atomic mass is 10.1. The number of nitrogens with two attached hydrogens (primary N) is 1. The third-order valence-electron chi connectivity index (χ3n) is 3.38. The molecule has 0 heterocycles. The number of carbonyl (C=O) groups excluding carboxylic acids is 1. The fraction of sp³-hybridized carbons (Fsp3) is 0.176. The molecule has 0 aliphatic carbocycles. The highest BCUT2D eigenvalue weighted by Gasteiger charge is 2.21.